The number of benzene rings is 1. The van der Waals surface area contributed by atoms with Gasteiger partial charge in [-0.25, -0.2) is 0 Å². The minimum absolute atomic E-state index is 0.0829. The van der Waals surface area contributed by atoms with Crippen LogP contribution in [0.25, 0.3) is 0 Å². The fraction of sp³-hybridized carbons (Fsp3) is 0.368. The highest BCUT2D eigenvalue weighted by atomic mass is 16.3. The fourth-order valence-electron chi connectivity index (χ4n) is 3.04. The van der Waals surface area contributed by atoms with Crippen molar-refractivity contribution in [1.82, 2.24) is 9.80 Å². The lowest BCUT2D eigenvalue weighted by molar-refractivity contribution is 0.0576. The number of nitrogens with zero attached hydrogens (tertiary/aromatic N) is 3. The molecule has 1 fully saturated rings. The number of nitriles is 1. The van der Waals surface area contributed by atoms with E-state index in [0.717, 1.165) is 12.0 Å². The van der Waals surface area contributed by atoms with E-state index in [1.54, 1.807) is 17.0 Å². The molecule has 124 valence electrons. The molecule has 1 aliphatic rings. The van der Waals surface area contributed by atoms with E-state index in [-0.39, 0.29) is 11.9 Å². The largest absolute Gasteiger partial charge is 0.459 e. The summed E-state index contributed by atoms with van der Waals surface area (Å²) in [6.07, 6.45) is 2.50. The summed E-state index contributed by atoms with van der Waals surface area (Å²) in [5.74, 6) is 0.288. The number of piperazine rings is 1. The highest BCUT2D eigenvalue weighted by Gasteiger charge is 2.28. The van der Waals surface area contributed by atoms with Crippen LogP contribution in [0.2, 0.25) is 0 Å². The van der Waals surface area contributed by atoms with Gasteiger partial charge in [-0.15, -0.1) is 0 Å². The first-order valence-electron chi connectivity index (χ1n) is 8.28. The van der Waals surface area contributed by atoms with Crippen molar-refractivity contribution in [3.8, 4) is 6.07 Å². The minimum atomic E-state index is -0.267. The molecule has 5 nitrogen and oxygen atoms in total. The van der Waals surface area contributed by atoms with Gasteiger partial charge in [0.05, 0.1) is 12.3 Å². The average Bonchev–Trinajstić information content (AvgIpc) is 3.17. The number of amides is 1. The second-order valence-corrected chi connectivity index (χ2v) is 5.93. The number of furan rings is 1. The van der Waals surface area contributed by atoms with Gasteiger partial charge in [0, 0.05) is 26.2 Å². The molecule has 0 N–H and O–H groups in total. The lowest BCUT2D eigenvalue weighted by Gasteiger charge is -2.36. The summed E-state index contributed by atoms with van der Waals surface area (Å²) in [5, 5.41) is 9.60. The third-order valence-electron chi connectivity index (χ3n) is 4.52. The van der Waals surface area contributed by atoms with Crippen LogP contribution in [0.4, 0.5) is 0 Å². The summed E-state index contributed by atoms with van der Waals surface area (Å²) in [5.41, 5.74) is 2.28. The van der Waals surface area contributed by atoms with Crippen LogP contribution in [0.15, 0.2) is 47.1 Å². The summed E-state index contributed by atoms with van der Waals surface area (Å²) in [7, 11) is 0. The summed E-state index contributed by atoms with van der Waals surface area (Å²) < 4.78 is 5.18. The Morgan fingerprint density at radius 3 is 2.46 bits per heavy atom. The van der Waals surface area contributed by atoms with E-state index < -0.39 is 0 Å². The zero-order chi connectivity index (χ0) is 16.9. The molecule has 0 bridgehead atoms. The molecule has 0 radical (unpaired) electrons. The monoisotopic (exact) mass is 323 g/mol. The van der Waals surface area contributed by atoms with Gasteiger partial charge in [-0.3, -0.25) is 9.69 Å². The van der Waals surface area contributed by atoms with E-state index in [1.165, 1.54) is 11.8 Å². The number of aryl methyl sites for hydroxylation is 1. The van der Waals surface area contributed by atoms with Crippen LogP contribution in [0.1, 0.15) is 34.6 Å². The van der Waals surface area contributed by atoms with Crippen molar-refractivity contribution >= 4 is 5.91 Å². The van der Waals surface area contributed by atoms with Crippen molar-refractivity contribution in [3.63, 3.8) is 0 Å². The number of rotatable bonds is 4. The van der Waals surface area contributed by atoms with Gasteiger partial charge in [-0.1, -0.05) is 31.2 Å². The quantitative estimate of drug-likeness (QED) is 0.868. The lowest BCUT2D eigenvalue weighted by Crippen LogP contribution is -2.49. The second kappa shape index (κ2) is 7.33. The molecule has 2 heterocycles. The molecular weight excluding hydrogens is 302 g/mol. The van der Waals surface area contributed by atoms with Gasteiger partial charge in [0.15, 0.2) is 5.76 Å². The Morgan fingerprint density at radius 1 is 1.21 bits per heavy atom. The Kier molecular flexibility index (Phi) is 4.97. The molecule has 2 aromatic rings. The third kappa shape index (κ3) is 3.34. The first-order chi connectivity index (χ1) is 11.7. The van der Waals surface area contributed by atoms with Crippen LogP contribution in [-0.4, -0.2) is 41.9 Å². The van der Waals surface area contributed by atoms with E-state index in [1.807, 2.05) is 12.1 Å². The first-order valence-corrected chi connectivity index (χ1v) is 8.28. The maximum Gasteiger partial charge on any atom is 0.289 e. The smallest absolute Gasteiger partial charge is 0.289 e. The molecule has 1 aliphatic heterocycles. The van der Waals surface area contributed by atoms with Crippen molar-refractivity contribution in [1.29, 1.82) is 5.26 Å². The summed E-state index contributed by atoms with van der Waals surface area (Å²) >= 11 is 0. The van der Waals surface area contributed by atoms with Crippen molar-refractivity contribution in [2.45, 2.75) is 19.4 Å². The second-order valence-electron chi connectivity index (χ2n) is 5.93. The molecule has 1 saturated heterocycles. The van der Waals surface area contributed by atoms with Crippen LogP contribution in [0.5, 0.6) is 0 Å². The van der Waals surface area contributed by atoms with E-state index in [2.05, 4.69) is 30.0 Å². The molecule has 1 unspecified atom stereocenters. The Hall–Kier alpha value is -2.58. The minimum Gasteiger partial charge on any atom is -0.459 e. The molecule has 0 aliphatic carbocycles. The summed E-state index contributed by atoms with van der Waals surface area (Å²) in [6, 6.07) is 13.8. The SMILES string of the molecule is CCc1ccc(C(C#N)N2CCN(C(=O)c3ccco3)CC2)cc1. The van der Waals surface area contributed by atoms with Crippen molar-refractivity contribution in [2.75, 3.05) is 26.2 Å². The molecule has 24 heavy (non-hydrogen) atoms. The van der Waals surface area contributed by atoms with Gasteiger partial charge in [-0.05, 0) is 29.7 Å². The fourth-order valence-corrected chi connectivity index (χ4v) is 3.04. The predicted octanol–water partition coefficient (Wildman–Crippen LogP) is 2.86. The van der Waals surface area contributed by atoms with Crippen LogP contribution in [0, 0.1) is 11.3 Å². The van der Waals surface area contributed by atoms with Crippen LogP contribution < -0.4 is 0 Å². The van der Waals surface area contributed by atoms with Crippen molar-refractivity contribution in [2.24, 2.45) is 0 Å². The molecule has 0 saturated carbocycles. The lowest BCUT2D eigenvalue weighted by atomic mass is 10.0. The summed E-state index contributed by atoms with van der Waals surface area (Å²) in [4.78, 5) is 16.2. The number of hydrogen-bond acceptors (Lipinski definition) is 4. The maximum absolute atomic E-state index is 12.3. The van der Waals surface area contributed by atoms with Gasteiger partial charge in [0.25, 0.3) is 5.91 Å². The van der Waals surface area contributed by atoms with E-state index >= 15 is 0 Å². The number of carbonyl (C=O) groups is 1. The van der Waals surface area contributed by atoms with Gasteiger partial charge in [0.1, 0.15) is 6.04 Å². The normalized spacial score (nSPS) is 16.6. The Morgan fingerprint density at radius 2 is 1.92 bits per heavy atom. The standard InChI is InChI=1S/C19H21N3O2/c1-2-15-5-7-16(8-6-15)17(14-20)21-9-11-22(12-10-21)19(23)18-4-3-13-24-18/h3-8,13,17H,2,9-12H2,1H3. The van der Waals surface area contributed by atoms with Gasteiger partial charge in [-0.2, -0.15) is 5.26 Å². The Bertz CT molecular complexity index is 708. The zero-order valence-electron chi connectivity index (χ0n) is 13.8. The molecule has 5 heteroatoms. The van der Waals surface area contributed by atoms with Crippen LogP contribution >= 0.6 is 0 Å². The molecule has 1 aromatic heterocycles. The van der Waals surface area contributed by atoms with Crippen molar-refractivity contribution < 1.29 is 9.21 Å². The van der Waals surface area contributed by atoms with Crippen LogP contribution in [0.3, 0.4) is 0 Å². The number of carbonyl (C=O) groups excluding carboxylic acids is 1. The first kappa shape index (κ1) is 16.3. The highest BCUT2D eigenvalue weighted by molar-refractivity contribution is 5.91. The zero-order valence-corrected chi connectivity index (χ0v) is 13.8. The molecular formula is C19H21N3O2. The van der Waals surface area contributed by atoms with E-state index in [0.29, 0.717) is 31.9 Å². The molecule has 1 amide bonds. The maximum atomic E-state index is 12.3. The molecule has 1 aromatic carbocycles. The van der Waals surface area contributed by atoms with Gasteiger partial charge >= 0.3 is 0 Å². The topological polar surface area (TPSA) is 60.5 Å². The Labute approximate surface area is 142 Å². The molecule has 1 atom stereocenters. The molecule has 3 rings (SSSR count). The Balaban J connectivity index is 1.64. The average molecular weight is 323 g/mol. The van der Waals surface area contributed by atoms with E-state index in [9.17, 15) is 10.1 Å². The van der Waals surface area contributed by atoms with E-state index in [4.69, 9.17) is 4.42 Å². The highest BCUT2D eigenvalue weighted by Crippen LogP contribution is 2.22. The van der Waals surface area contributed by atoms with Gasteiger partial charge < -0.3 is 9.32 Å². The van der Waals surface area contributed by atoms with Crippen LogP contribution in [-0.2, 0) is 6.42 Å². The summed E-state index contributed by atoms with van der Waals surface area (Å²) in [6.45, 7) is 4.68. The van der Waals surface area contributed by atoms with Crippen molar-refractivity contribution in [3.05, 3.63) is 59.5 Å². The number of hydrogen-bond donors (Lipinski definition) is 0. The third-order valence-corrected chi connectivity index (χ3v) is 4.52. The molecule has 0 spiro atoms. The predicted molar refractivity (Wildman–Crippen MR) is 90.4 cm³/mol. The van der Waals surface area contributed by atoms with Gasteiger partial charge in [0.2, 0.25) is 0 Å².